The average molecular weight is 358 g/mol. The first-order valence-electron chi connectivity index (χ1n) is 6.87. The molecule has 6 heteroatoms. The van der Waals surface area contributed by atoms with E-state index in [0.29, 0.717) is 5.71 Å². The topological polar surface area (TPSA) is 73.7 Å². The lowest BCUT2D eigenvalue weighted by molar-refractivity contribution is -0.117. The number of nitrogens with zero attached hydrogens (tertiary/aromatic N) is 1. The summed E-state index contributed by atoms with van der Waals surface area (Å²) in [6, 6.07) is 12.9. The van der Waals surface area contributed by atoms with E-state index in [9.17, 15) is 10.0 Å². The molecule has 1 amide bonds. The van der Waals surface area contributed by atoms with Gasteiger partial charge in [0.25, 0.3) is 0 Å². The standard InChI is InChI=1S/C16H12BrN3O2/c17-8-5-6-9-12(7-8)19-16(21)13(9)15-14(20-22)10-3-1-2-4-11(10)18-15/h1-7,13,15,18,22H,(H,19,21)/b20-14+. The number of carbonyl (C=O) groups is 1. The van der Waals surface area contributed by atoms with E-state index in [0.717, 1.165) is 27.0 Å². The van der Waals surface area contributed by atoms with Crippen LogP contribution in [0.25, 0.3) is 0 Å². The van der Waals surface area contributed by atoms with Gasteiger partial charge in [-0.05, 0) is 23.8 Å². The summed E-state index contributed by atoms with van der Waals surface area (Å²) in [6.07, 6.45) is 0. The average Bonchev–Trinajstić information content (AvgIpc) is 3.02. The Hall–Kier alpha value is -2.34. The van der Waals surface area contributed by atoms with Gasteiger partial charge in [-0.15, -0.1) is 0 Å². The molecule has 0 fully saturated rings. The molecule has 4 rings (SSSR count). The summed E-state index contributed by atoms with van der Waals surface area (Å²) in [5, 5.41) is 19.1. The molecule has 3 N–H and O–H groups in total. The molecule has 0 spiro atoms. The number of oxime groups is 1. The van der Waals surface area contributed by atoms with Crippen LogP contribution in [-0.2, 0) is 4.79 Å². The molecule has 2 heterocycles. The van der Waals surface area contributed by atoms with Gasteiger partial charge in [-0.25, -0.2) is 0 Å². The minimum absolute atomic E-state index is 0.0976. The normalized spacial score (nSPS) is 23.9. The van der Waals surface area contributed by atoms with Crippen molar-refractivity contribution in [3.8, 4) is 0 Å². The molecular weight excluding hydrogens is 346 g/mol. The predicted octanol–water partition coefficient (Wildman–Crippen LogP) is 3.16. The van der Waals surface area contributed by atoms with Crippen LogP contribution in [0, 0.1) is 0 Å². The number of amides is 1. The molecule has 2 atom stereocenters. The van der Waals surface area contributed by atoms with Gasteiger partial charge in [0, 0.05) is 21.4 Å². The van der Waals surface area contributed by atoms with E-state index >= 15 is 0 Å². The maximum atomic E-state index is 12.4. The molecular formula is C16H12BrN3O2. The zero-order valence-corrected chi connectivity index (χ0v) is 13.0. The van der Waals surface area contributed by atoms with Crippen LogP contribution in [0.5, 0.6) is 0 Å². The fourth-order valence-corrected chi connectivity index (χ4v) is 3.54. The van der Waals surface area contributed by atoms with Crippen LogP contribution >= 0.6 is 15.9 Å². The molecule has 0 radical (unpaired) electrons. The first-order valence-corrected chi connectivity index (χ1v) is 7.66. The monoisotopic (exact) mass is 357 g/mol. The Kier molecular flexibility index (Phi) is 2.94. The van der Waals surface area contributed by atoms with Crippen molar-refractivity contribution in [1.82, 2.24) is 0 Å². The number of hydrogen-bond acceptors (Lipinski definition) is 4. The fraction of sp³-hybridized carbons (Fsp3) is 0.125. The Labute approximate surface area is 135 Å². The van der Waals surface area contributed by atoms with Crippen molar-refractivity contribution in [2.24, 2.45) is 5.16 Å². The van der Waals surface area contributed by atoms with E-state index in [2.05, 4.69) is 31.7 Å². The number of benzene rings is 2. The number of anilines is 2. The number of rotatable bonds is 1. The molecule has 2 unspecified atom stereocenters. The number of para-hydroxylation sites is 1. The summed E-state index contributed by atoms with van der Waals surface area (Å²) >= 11 is 3.41. The smallest absolute Gasteiger partial charge is 0.234 e. The number of carbonyl (C=O) groups excluding carboxylic acids is 1. The predicted molar refractivity (Wildman–Crippen MR) is 87.7 cm³/mol. The summed E-state index contributed by atoms with van der Waals surface area (Å²) in [5.41, 5.74) is 3.89. The molecule has 2 aromatic rings. The molecule has 2 aliphatic heterocycles. The zero-order valence-electron chi connectivity index (χ0n) is 11.4. The van der Waals surface area contributed by atoms with Crippen LogP contribution in [-0.4, -0.2) is 22.9 Å². The lowest BCUT2D eigenvalue weighted by Crippen LogP contribution is -2.34. The zero-order chi connectivity index (χ0) is 15.3. The quantitative estimate of drug-likeness (QED) is 0.542. The molecule has 2 aliphatic rings. The SMILES string of the molecule is O=C1Nc2cc(Br)ccc2C1C1Nc2ccccc2/C1=N\O. The van der Waals surface area contributed by atoms with Gasteiger partial charge in [-0.1, -0.05) is 45.4 Å². The van der Waals surface area contributed by atoms with Gasteiger partial charge in [0.15, 0.2) is 0 Å². The second-order valence-electron chi connectivity index (χ2n) is 5.35. The van der Waals surface area contributed by atoms with Crippen LogP contribution < -0.4 is 10.6 Å². The van der Waals surface area contributed by atoms with E-state index in [1.165, 1.54) is 0 Å². The highest BCUT2D eigenvalue weighted by molar-refractivity contribution is 9.10. The Morgan fingerprint density at radius 2 is 1.95 bits per heavy atom. The van der Waals surface area contributed by atoms with Gasteiger partial charge in [-0.2, -0.15) is 0 Å². The second-order valence-corrected chi connectivity index (χ2v) is 6.27. The molecule has 0 saturated heterocycles. The van der Waals surface area contributed by atoms with Crippen molar-refractivity contribution in [2.75, 3.05) is 10.6 Å². The highest BCUT2D eigenvalue weighted by Gasteiger charge is 2.43. The van der Waals surface area contributed by atoms with Crippen molar-refractivity contribution in [2.45, 2.75) is 12.0 Å². The molecule has 110 valence electrons. The third-order valence-electron chi connectivity index (χ3n) is 4.14. The van der Waals surface area contributed by atoms with Crippen LogP contribution in [0.4, 0.5) is 11.4 Å². The highest BCUT2D eigenvalue weighted by Crippen LogP contribution is 2.41. The summed E-state index contributed by atoms with van der Waals surface area (Å²) in [5.74, 6) is -0.527. The van der Waals surface area contributed by atoms with Gasteiger partial charge in [-0.3, -0.25) is 4.79 Å². The number of fused-ring (bicyclic) bond motifs is 2. The van der Waals surface area contributed by atoms with E-state index in [-0.39, 0.29) is 11.9 Å². The van der Waals surface area contributed by atoms with Gasteiger partial charge < -0.3 is 15.8 Å². The Bertz CT molecular complexity index is 819. The molecule has 0 aromatic heterocycles. The van der Waals surface area contributed by atoms with Crippen LogP contribution in [0.15, 0.2) is 52.1 Å². The molecule has 2 aromatic carbocycles. The van der Waals surface area contributed by atoms with Gasteiger partial charge >= 0.3 is 0 Å². The highest BCUT2D eigenvalue weighted by atomic mass is 79.9. The fourth-order valence-electron chi connectivity index (χ4n) is 3.18. The summed E-state index contributed by atoms with van der Waals surface area (Å²) in [7, 11) is 0. The Morgan fingerprint density at radius 1 is 1.14 bits per heavy atom. The Balaban J connectivity index is 1.80. The summed E-state index contributed by atoms with van der Waals surface area (Å²) in [6.45, 7) is 0. The van der Waals surface area contributed by atoms with Crippen LogP contribution in [0.3, 0.4) is 0 Å². The molecule has 22 heavy (non-hydrogen) atoms. The second kappa shape index (κ2) is 4.84. The van der Waals surface area contributed by atoms with Crippen LogP contribution in [0.2, 0.25) is 0 Å². The van der Waals surface area contributed by atoms with Crippen molar-refractivity contribution in [3.63, 3.8) is 0 Å². The lowest BCUT2D eigenvalue weighted by Gasteiger charge is -2.18. The minimum atomic E-state index is -0.429. The summed E-state index contributed by atoms with van der Waals surface area (Å²) < 4.78 is 0.908. The van der Waals surface area contributed by atoms with Gasteiger partial charge in [0.05, 0.1) is 12.0 Å². The number of nitrogens with one attached hydrogen (secondary N) is 2. The third-order valence-corrected chi connectivity index (χ3v) is 4.63. The maximum Gasteiger partial charge on any atom is 0.234 e. The molecule has 5 nitrogen and oxygen atoms in total. The van der Waals surface area contributed by atoms with E-state index in [1.54, 1.807) is 0 Å². The maximum absolute atomic E-state index is 12.4. The third kappa shape index (κ3) is 1.84. The minimum Gasteiger partial charge on any atom is -0.411 e. The van der Waals surface area contributed by atoms with Crippen molar-refractivity contribution >= 4 is 38.9 Å². The van der Waals surface area contributed by atoms with E-state index < -0.39 is 5.92 Å². The molecule has 0 bridgehead atoms. The Morgan fingerprint density at radius 3 is 2.77 bits per heavy atom. The van der Waals surface area contributed by atoms with E-state index in [1.807, 2.05) is 42.5 Å². The van der Waals surface area contributed by atoms with Gasteiger partial charge in [0.2, 0.25) is 5.91 Å². The van der Waals surface area contributed by atoms with Crippen LogP contribution in [0.1, 0.15) is 17.0 Å². The van der Waals surface area contributed by atoms with E-state index in [4.69, 9.17) is 0 Å². The first kappa shape index (κ1) is 13.3. The van der Waals surface area contributed by atoms with Crippen molar-refractivity contribution in [1.29, 1.82) is 0 Å². The first-order chi connectivity index (χ1) is 10.7. The van der Waals surface area contributed by atoms with Gasteiger partial charge in [0.1, 0.15) is 5.71 Å². The summed E-state index contributed by atoms with van der Waals surface area (Å²) in [4.78, 5) is 12.4. The largest absolute Gasteiger partial charge is 0.411 e. The molecule has 0 saturated carbocycles. The number of halogens is 1. The number of hydrogen-bond donors (Lipinski definition) is 3. The van der Waals surface area contributed by atoms with Crippen molar-refractivity contribution in [3.05, 3.63) is 58.1 Å². The van der Waals surface area contributed by atoms with Crippen molar-refractivity contribution < 1.29 is 10.0 Å². The lowest BCUT2D eigenvalue weighted by atomic mass is 9.89. The molecule has 0 aliphatic carbocycles.